The SMILES string of the molecule is c1ccc(-c2nc(-c3ccc4c(c3)c3ccccc3c3cc5c(cc43)oc3ccccc35)nc3c2ccc2ccccc23)cc1. The van der Waals surface area contributed by atoms with Gasteiger partial charge in [0.25, 0.3) is 0 Å². The first-order chi connectivity index (χ1) is 22.3. The zero-order valence-corrected chi connectivity index (χ0v) is 24.2. The lowest BCUT2D eigenvalue weighted by Crippen LogP contribution is -1.96. The standard InChI is InChI=1S/C42H24N2O/c1-2-11-26(12-3-1)40-33-21-18-25-10-4-5-13-28(25)41(33)44-42(43-40)27-19-20-31-34(22-27)29-14-6-7-15-30(29)35-23-37-32-16-8-9-17-38(32)45-39(37)24-36(31)35/h1-24H. The predicted molar refractivity (Wildman–Crippen MR) is 188 cm³/mol. The first-order valence-corrected chi connectivity index (χ1v) is 15.2. The molecule has 0 unspecified atom stereocenters. The van der Waals surface area contributed by atoms with E-state index >= 15 is 0 Å². The van der Waals surface area contributed by atoms with E-state index < -0.39 is 0 Å². The van der Waals surface area contributed by atoms with Gasteiger partial charge in [-0.1, -0.05) is 115 Å². The molecule has 208 valence electrons. The first-order valence-electron chi connectivity index (χ1n) is 15.2. The van der Waals surface area contributed by atoms with Gasteiger partial charge in [0.15, 0.2) is 5.82 Å². The molecule has 0 aliphatic rings. The first kappa shape index (κ1) is 24.4. The summed E-state index contributed by atoms with van der Waals surface area (Å²) in [5, 5.41) is 12.8. The molecule has 8 aromatic carbocycles. The number of hydrogen-bond acceptors (Lipinski definition) is 3. The van der Waals surface area contributed by atoms with Crippen molar-refractivity contribution in [3.63, 3.8) is 0 Å². The molecule has 0 amide bonds. The van der Waals surface area contributed by atoms with Crippen molar-refractivity contribution in [3.8, 4) is 22.6 Å². The van der Waals surface area contributed by atoms with Crippen LogP contribution in [0, 0.1) is 0 Å². The quantitative estimate of drug-likeness (QED) is 0.193. The van der Waals surface area contributed by atoms with Gasteiger partial charge in [-0.2, -0.15) is 0 Å². The number of nitrogens with zero attached hydrogens (tertiary/aromatic N) is 2. The van der Waals surface area contributed by atoms with Crippen LogP contribution < -0.4 is 0 Å². The lowest BCUT2D eigenvalue weighted by atomic mass is 9.92. The molecule has 2 heterocycles. The molecule has 2 aromatic heterocycles. The fourth-order valence-electron chi connectivity index (χ4n) is 7.12. The number of rotatable bonds is 2. The third-order valence-corrected chi connectivity index (χ3v) is 9.23. The molecule has 10 aromatic rings. The smallest absolute Gasteiger partial charge is 0.160 e. The fraction of sp³-hybridized carbons (Fsp3) is 0. The predicted octanol–water partition coefficient (Wildman–Crippen LogP) is 11.5. The molecule has 0 bridgehead atoms. The largest absolute Gasteiger partial charge is 0.456 e. The highest BCUT2D eigenvalue weighted by Crippen LogP contribution is 2.41. The summed E-state index contributed by atoms with van der Waals surface area (Å²) in [5.74, 6) is 0.719. The lowest BCUT2D eigenvalue weighted by molar-refractivity contribution is 0.669. The molecule has 45 heavy (non-hydrogen) atoms. The third kappa shape index (κ3) is 3.58. The minimum atomic E-state index is 0.719. The molecule has 10 rings (SSSR count). The molecule has 3 nitrogen and oxygen atoms in total. The van der Waals surface area contributed by atoms with Crippen molar-refractivity contribution in [2.24, 2.45) is 0 Å². The van der Waals surface area contributed by atoms with Crippen LogP contribution in [-0.2, 0) is 0 Å². The molecule has 0 spiro atoms. The van der Waals surface area contributed by atoms with E-state index in [1.807, 2.05) is 18.2 Å². The number of furan rings is 1. The number of aromatic nitrogens is 2. The van der Waals surface area contributed by atoms with Gasteiger partial charge in [-0.05, 0) is 68.0 Å². The van der Waals surface area contributed by atoms with Crippen molar-refractivity contribution in [2.45, 2.75) is 0 Å². The molecule has 0 aliphatic carbocycles. The van der Waals surface area contributed by atoms with Crippen LogP contribution in [-0.4, -0.2) is 9.97 Å². The van der Waals surface area contributed by atoms with E-state index in [0.29, 0.717) is 0 Å². The average molecular weight is 573 g/mol. The Bertz CT molecular complexity index is 2810. The van der Waals surface area contributed by atoms with E-state index in [-0.39, 0.29) is 0 Å². The summed E-state index contributed by atoms with van der Waals surface area (Å²) in [4.78, 5) is 10.5. The third-order valence-electron chi connectivity index (χ3n) is 9.23. The zero-order valence-electron chi connectivity index (χ0n) is 24.2. The van der Waals surface area contributed by atoms with Gasteiger partial charge in [-0.25, -0.2) is 9.97 Å². The van der Waals surface area contributed by atoms with Crippen LogP contribution in [0.25, 0.3) is 98.6 Å². The molecule has 3 heteroatoms. The van der Waals surface area contributed by atoms with Gasteiger partial charge < -0.3 is 4.42 Å². The van der Waals surface area contributed by atoms with Gasteiger partial charge in [0.1, 0.15) is 11.2 Å². The van der Waals surface area contributed by atoms with E-state index in [9.17, 15) is 0 Å². The van der Waals surface area contributed by atoms with Crippen molar-refractivity contribution in [1.82, 2.24) is 9.97 Å². The Kier molecular flexibility index (Phi) is 5.00. The van der Waals surface area contributed by atoms with Gasteiger partial charge in [0.05, 0.1) is 11.2 Å². The minimum Gasteiger partial charge on any atom is -0.456 e. The van der Waals surface area contributed by atoms with Crippen molar-refractivity contribution in [1.29, 1.82) is 0 Å². The highest BCUT2D eigenvalue weighted by molar-refractivity contribution is 6.28. The Labute approximate surface area is 258 Å². The van der Waals surface area contributed by atoms with Crippen LogP contribution >= 0.6 is 0 Å². The Hall–Kier alpha value is -6.06. The maximum absolute atomic E-state index is 6.33. The van der Waals surface area contributed by atoms with Gasteiger partial charge in [-0.3, -0.25) is 0 Å². The Morgan fingerprint density at radius 3 is 1.84 bits per heavy atom. The molecule has 0 radical (unpaired) electrons. The Morgan fingerprint density at radius 2 is 1.00 bits per heavy atom. The second-order valence-electron chi connectivity index (χ2n) is 11.7. The number of benzene rings is 8. The van der Waals surface area contributed by atoms with Gasteiger partial charge in [-0.15, -0.1) is 0 Å². The van der Waals surface area contributed by atoms with E-state index in [1.165, 1.54) is 37.7 Å². The fourth-order valence-corrected chi connectivity index (χ4v) is 7.12. The number of fused-ring (bicyclic) bond motifs is 12. The summed E-state index contributed by atoms with van der Waals surface area (Å²) in [5.41, 5.74) is 5.79. The van der Waals surface area contributed by atoms with Crippen LogP contribution in [0.5, 0.6) is 0 Å². The summed E-state index contributed by atoms with van der Waals surface area (Å²) in [6, 6.07) is 51.4. The second kappa shape index (κ2) is 9.22. The normalized spacial score (nSPS) is 12.0. The summed E-state index contributed by atoms with van der Waals surface area (Å²) in [6.45, 7) is 0. The molecule has 0 fully saturated rings. The van der Waals surface area contributed by atoms with Crippen molar-refractivity contribution in [2.75, 3.05) is 0 Å². The topological polar surface area (TPSA) is 38.9 Å². The molecule has 0 aliphatic heterocycles. The molecule has 0 N–H and O–H groups in total. The van der Waals surface area contributed by atoms with Gasteiger partial charge in [0.2, 0.25) is 0 Å². The average Bonchev–Trinajstić information content (AvgIpc) is 3.48. The van der Waals surface area contributed by atoms with Gasteiger partial charge in [0, 0.05) is 32.7 Å². The Balaban J connectivity index is 1.29. The molecule has 0 saturated carbocycles. The monoisotopic (exact) mass is 572 g/mol. The lowest BCUT2D eigenvalue weighted by Gasteiger charge is -2.14. The van der Waals surface area contributed by atoms with Crippen LogP contribution in [0.2, 0.25) is 0 Å². The summed E-state index contributed by atoms with van der Waals surface area (Å²) in [6.07, 6.45) is 0. The van der Waals surface area contributed by atoms with Crippen LogP contribution in [0.3, 0.4) is 0 Å². The van der Waals surface area contributed by atoms with Crippen LogP contribution in [0.4, 0.5) is 0 Å². The zero-order chi connectivity index (χ0) is 29.5. The minimum absolute atomic E-state index is 0.719. The maximum Gasteiger partial charge on any atom is 0.160 e. The molecular weight excluding hydrogens is 548 g/mol. The molecule has 0 saturated heterocycles. The summed E-state index contributed by atoms with van der Waals surface area (Å²) >= 11 is 0. The van der Waals surface area contributed by atoms with Crippen molar-refractivity contribution >= 4 is 75.9 Å². The second-order valence-corrected chi connectivity index (χ2v) is 11.7. The van der Waals surface area contributed by atoms with E-state index in [0.717, 1.165) is 60.9 Å². The van der Waals surface area contributed by atoms with Crippen molar-refractivity contribution < 1.29 is 4.42 Å². The van der Waals surface area contributed by atoms with Crippen LogP contribution in [0.1, 0.15) is 0 Å². The number of hydrogen-bond donors (Lipinski definition) is 0. The van der Waals surface area contributed by atoms with Gasteiger partial charge >= 0.3 is 0 Å². The highest BCUT2D eigenvalue weighted by atomic mass is 16.3. The molecule has 0 atom stereocenters. The number of para-hydroxylation sites is 1. The maximum atomic E-state index is 6.33. The summed E-state index contributed by atoms with van der Waals surface area (Å²) in [7, 11) is 0. The van der Waals surface area contributed by atoms with E-state index in [2.05, 4.69) is 127 Å². The van der Waals surface area contributed by atoms with E-state index in [1.54, 1.807) is 0 Å². The van der Waals surface area contributed by atoms with Crippen molar-refractivity contribution in [3.05, 3.63) is 146 Å². The Morgan fingerprint density at radius 1 is 0.356 bits per heavy atom. The van der Waals surface area contributed by atoms with Crippen LogP contribution in [0.15, 0.2) is 150 Å². The highest BCUT2D eigenvalue weighted by Gasteiger charge is 2.17. The summed E-state index contributed by atoms with van der Waals surface area (Å²) < 4.78 is 6.33. The van der Waals surface area contributed by atoms with E-state index in [4.69, 9.17) is 14.4 Å². The molecular formula is C42H24N2O.